The minimum atomic E-state index is -0.181. The van der Waals surface area contributed by atoms with Gasteiger partial charge in [0.05, 0.1) is 0 Å². The monoisotopic (exact) mass is 419 g/mol. The van der Waals surface area contributed by atoms with E-state index in [-0.39, 0.29) is 17.9 Å². The summed E-state index contributed by atoms with van der Waals surface area (Å²) in [5, 5.41) is 6.88. The van der Waals surface area contributed by atoms with E-state index in [0.717, 1.165) is 5.56 Å². The Morgan fingerprint density at radius 3 is 2.19 bits per heavy atom. The molecule has 8 nitrogen and oxygen atoms in total. The van der Waals surface area contributed by atoms with E-state index in [0.29, 0.717) is 49.1 Å². The highest BCUT2D eigenvalue weighted by Gasteiger charge is 2.24. The second-order valence-corrected chi connectivity index (χ2v) is 7.77. The van der Waals surface area contributed by atoms with Crippen LogP contribution in [0.3, 0.4) is 0 Å². The molecule has 0 unspecified atom stereocenters. The van der Waals surface area contributed by atoms with E-state index in [1.54, 1.807) is 9.80 Å². The molecule has 1 fully saturated rings. The predicted octanol–water partition coefficient (Wildman–Crippen LogP) is 3.85. The van der Waals surface area contributed by atoms with E-state index in [1.807, 2.05) is 68.4 Å². The first kappa shape index (κ1) is 20.6. The van der Waals surface area contributed by atoms with Gasteiger partial charge in [0.2, 0.25) is 0 Å². The van der Waals surface area contributed by atoms with Crippen LogP contribution < -0.4 is 5.32 Å². The number of rotatable bonds is 4. The maximum Gasteiger partial charge on any atom is 0.321 e. The van der Waals surface area contributed by atoms with Gasteiger partial charge in [0.1, 0.15) is 0 Å². The Kier molecular flexibility index (Phi) is 5.97. The number of carbonyl (C=O) groups is 2. The van der Waals surface area contributed by atoms with Crippen molar-refractivity contribution >= 4 is 17.6 Å². The summed E-state index contributed by atoms with van der Waals surface area (Å²) in [6.45, 7) is 6.01. The number of aromatic nitrogens is 2. The number of hydrogen-bond donors (Lipinski definition) is 1. The minimum absolute atomic E-state index is 0.00195. The lowest BCUT2D eigenvalue weighted by molar-refractivity contribution is 0.0671. The second kappa shape index (κ2) is 8.99. The van der Waals surface area contributed by atoms with Crippen molar-refractivity contribution < 1.29 is 14.1 Å². The molecule has 0 spiro atoms. The van der Waals surface area contributed by atoms with Gasteiger partial charge in [0, 0.05) is 48.9 Å². The fourth-order valence-corrected chi connectivity index (χ4v) is 3.36. The maximum atomic E-state index is 12.6. The zero-order valence-electron chi connectivity index (χ0n) is 17.6. The van der Waals surface area contributed by atoms with Gasteiger partial charge in [-0.05, 0) is 36.4 Å². The molecule has 8 heteroatoms. The van der Waals surface area contributed by atoms with Crippen molar-refractivity contribution in [3.05, 3.63) is 66.0 Å². The molecule has 0 radical (unpaired) electrons. The molecule has 2 aromatic carbocycles. The zero-order chi connectivity index (χ0) is 21.8. The van der Waals surface area contributed by atoms with Crippen LogP contribution in [0.15, 0.2) is 59.1 Å². The fourth-order valence-electron chi connectivity index (χ4n) is 3.36. The van der Waals surface area contributed by atoms with Gasteiger partial charge in [-0.15, -0.1) is 0 Å². The highest BCUT2D eigenvalue weighted by atomic mass is 16.5. The molecule has 1 N–H and O–H groups in total. The molecular formula is C23H25N5O3. The molecule has 0 aliphatic carbocycles. The third-order valence-electron chi connectivity index (χ3n) is 5.22. The minimum Gasteiger partial charge on any atom is -0.335 e. The van der Waals surface area contributed by atoms with Gasteiger partial charge in [-0.1, -0.05) is 37.2 Å². The van der Waals surface area contributed by atoms with Crippen LogP contribution in [0.2, 0.25) is 0 Å². The molecule has 4 rings (SSSR count). The molecule has 160 valence electrons. The topological polar surface area (TPSA) is 91.6 Å². The smallest absolute Gasteiger partial charge is 0.321 e. The van der Waals surface area contributed by atoms with E-state index >= 15 is 0 Å². The third kappa shape index (κ3) is 4.74. The molecule has 2 heterocycles. The van der Waals surface area contributed by atoms with Crippen molar-refractivity contribution in [3.8, 4) is 11.5 Å². The molecule has 1 aliphatic rings. The van der Waals surface area contributed by atoms with Gasteiger partial charge in [-0.25, -0.2) is 4.79 Å². The molecule has 1 aromatic heterocycles. The molecular weight excluding hydrogens is 394 g/mol. The Labute approximate surface area is 180 Å². The third-order valence-corrected chi connectivity index (χ3v) is 5.22. The quantitative estimate of drug-likeness (QED) is 0.694. The summed E-state index contributed by atoms with van der Waals surface area (Å²) in [6, 6.07) is 16.3. The lowest BCUT2D eigenvalue weighted by Crippen LogP contribution is -2.51. The average Bonchev–Trinajstić information content (AvgIpc) is 3.30. The summed E-state index contributed by atoms with van der Waals surface area (Å²) in [7, 11) is 0. The molecule has 3 amide bonds. The first-order chi connectivity index (χ1) is 15.0. The van der Waals surface area contributed by atoms with Crippen molar-refractivity contribution in [1.29, 1.82) is 0 Å². The lowest BCUT2D eigenvalue weighted by atomic mass is 10.2. The number of anilines is 1. The molecule has 1 saturated heterocycles. The number of amides is 3. The summed E-state index contributed by atoms with van der Waals surface area (Å²) in [4.78, 5) is 33.0. The van der Waals surface area contributed by atoms with Crippen molar-refractivity contribution in [3.63, 3.8) is 0 Å². The van der Waals surface area contributed by atoms with Gasteiger partial charge in [0.25, 0.3) is 11.8 Å². The van der Waals surface area contributed by atoms with Crippen LogP contribution in [0.4, 0.5) is 10.5 Å². The van der Waals surface area contributed by atoms with Crippen molar-refractivity contribution in [2.75, 3.05) is 31.5 Å². The summed E-state index contributed by atoms with van der Waals surface area (Å²) < 4.78 is 5.30. The number of hydrogen-bond acceptors (Lipinski definition) is 5. The Hall–Kier alpha value is -3.68. The summed E-state index contributed by atoms with van der Waals surface area (Å²) >= 11 is 0. The van der Waals surface area contributed by atoms with E-state index in [2.05, 4.69) is 15.5 Å². The highest BCUT2D eigenvalue weighted by molar-refractivity contribution is 5.94. The second-order valence-electron chi connectivity index (χ2n) is 7.77. The van der Waals surface area contributed by atoms with Gasteiger partial charge in [-0.3, -0.25) is 4.79 Å². The predicted molar refractivity (Wildman–Crippen MR) is 117 cm³/mol. The highest BCUT2D eigenvalue weighted by Crippen LogP contribution is 2.22. The standard InChI is InChI=1S/C23H25N5O3/c1-16(2)20-25-21(31-26-20)17-8-10-19(11-9-17)24-23(30)28-14-12-27(13-15-28)22(29)18-6-4-3-5-7-18/h3-11,16H,12-15H2,1-2H3,(H,24,30). The SMILES string of the molecule is CC(C)c1noc(-c2ccc(NC(=O)N3CCN(C(=O)c4ccccc4)CC3)cc2)n1. The van der Waals surface area contributed by atoms with Crippen molar-refractivity contribution in [2.24, 2.45) is 0 Å². The first-order valence-electron chi connectivity index (χ1n) is 10.4. The number of nitrogens with one attached hydrogen (secondary N) is 1. The Bertz CT molecular complexity index is 1040. The number of piperazine rings is 1. The van der Waals surface area contributed by atoms with Crippen LogP contribution >= 0.6 is 0 Å². The molecule has 31 heavy (non-hydrogen) atoms. The number of nitrogens with zero attached hydrogens (tertiary/aromatic N) is 4. The van der Waals surface area contributed by atoms with Crippen LogP contribution in [0.25, 0.3) is 11.5 Å². The first-order valence-corrected chi connectivity index (χ1v) is 10.4. The van der Waals surface area contributed by atoms with Crippen LogP contribution in [0, 0.1) is 0 Å². The normalized spacial score (nSPS) is 14.0. The van der Waals surface area contributed by atoms with E-state index in [1.165, 1.54) is 0 Å². The average molecular weight is 419 g/mol. The van der Waals surface area contributed by atoms with Crippen LogP contribution in [0.1, 0.15) is 35.9 Å². The maximum absolute atomic E-state index is 12.6. The van der Waals surface area contributed by atoms with Crippen molar-refractivity contribution in [2.45, 2.75) is 19.8 Å². The van der Waals surface area contributed by atoms with Crippen molar-refractivity contribution in [1.82, 2.24) is 19.9 Å². The Morgan fingerprint density at radius 2 is 1.58 bits per heavy atom. The van der Waals surface area contributed by atoms with Gasteiger partial charge >= 0.3 is 6.03 Å². The van der Waals surface area contributed by atoms with Gasteiger partial charge in [-0.2, -0.15) is 4.98 Å². The fraction of sp³-hybridized carbons (Fsp3) is 0.304. The molecule has 0 saturated carbocycles. The summed E-state index contributed by atoms with van der Waals surface area (Å²) in [5.41, 5.74) is 2.15. The Morgan fingerprint density at radius 1 is 0.935 bits per heavy atom. The number of benzene rings is 2. The van der Waals surface area contributed by atoms with E-state index in [4.69, 9.17) is 4.52 Å². The number of urea groups is 1. The van der Waals surface area contributed by atoms with Crippen LogP contribution in [0.5, 0.6) is 0 Å². The van der Waals surface area contributed by atoms with E-state index in [9.17, 15) is 9.59 Å². The molecule has 3 aromatic rings. The largest absolute Gasteiger partial charge is 0.335 e. The molecule has 0 bridgehead atoms. The molecule has 0 atom stereocenters. The van der Waals surface area contributed by atoms with E-state index < -0.39 is 0 Å². The number of carbonyl (C=O) groups excluding carboxylic acids is 2. The van der Waals surface area contributed by atoms with Crippen LogP contribution in [-0.4, -0.2) is 58.1 Å². The van der Waals surface area contributed by atoms with Gasteiger partial charge < -0.3 is 19.6 Å². The lowest BCUT2D eigenvalue weighted by Gasteiger charge is -2.34. The summed E-state index contributed by atoms with van der Waals surface area (Å²) in [6.07, 6.45) is 0. The summed E-state index contributed by atoms with van der Waals surface area (Å²) in [5.74, 6) is 1.32. The van der Waals surface area contributed by atoms with Crippen LogP contribution in [-0.2, 0) is 0 Å². The molecule has 1 aliphatic heterocycles. The van der Waals surface area contributed by atoms with Gasteiger partial charge in [0.15, 0.2) is 5.82 Å². The zero-order valence-corrected chi connectivity index (χ0v) is 17.6. The Balaban J connectivity index is 1.31.